The number of aryl methyl sites for hydroxylation is 1. The second kappa shape index (κ2) is 8.70. The number of ether oxygens (including phenoxy) is 2. The van der Waals surface area contributed by atoms with Gasteiger partial charge in [0.2, 0.25) is 0 Å². The number of fused-ring (bicyclic) bond motifs is 1. The Balaban J connectivity index is 1.65. The third-order valence-corrected chi connectivity index (χ3v) is 7.50. The number of nitrogens with zero attached hydrogens (tertiary/aromatic N) is 4. The number of aromatic nitrogens is 4. The minimum atomic E-state index is -1.15. The van der Waals surface area contributed by atoms with Crippen LogP contribution >= 0.6 is 11.6 Å². The molecule has 3 aromatic rings. The van der Waals surface area contributed by atoms with Gasteiger partial charge >= 0.3 is 0 Å². The van der Waals surface area contributed by atoms with Gasteiger partial charge in [0.25, 0.3) is 0 Å². The average Bonchev–Trinajstić information content (AvgIpc) is 3.31. The Morgan fingerprint density at radius 3 is 2.70 bits per heavy atom. The molecule has 9 heteroatoms. The number of H-pyrrole nitrogens is 1. The van der Waals surface area contributed by atoms with E-state index in [1.165, 1.54) is 0 Å². The Morgan fingerprint density at radius 2 is 1.97 bits per heavy atom. The summed E-state index contributed by atoms with van der Waals surface area (Å²) in [7, 11) is -1.15. The molecule has 4 rings (SSSR count). The van der Waals surface area contributed by atoms with Gasteiger partial charge in [-0.3, -0.25) is 9.67 Å². The second-order valence-corrected chi connectivity index (χ2v) is 15.1. The number of anilines is 1. The lowest BCUT2D eigenvalue weighted by Crippen LogP contribution is -2.36. The van der Waals surface area contributed by atoms with Crippen LogP contribution in [-0.2, 0) is 16.2 Å². The van der Waals surface area contributed by atoms with Crippen molar-refractivity contribution in [3.05, 3.63) is 28.8 Å². The van der Waals surface area contributed by atoms with Crippen molar-refractivity contribution in [2.45, 2.75) is 39.3 Å². The smallest absolute Gasteiger partial charge is 0.163 e. The predicted octanol–water partition coefficient (Wildman–Crippen LogP) is 4.54. The van der Waals surface area contributed by atoms with E-state index >= 15 is 0 Å². The summed E-state index contributed by atoms with van der Waals surface area (Å²) in [6.45, 7) is 13.4. The van der Waals surface area contributed by atoms with Gasteiger partial charge in [-0.05, 0) is 30.7 Å². The van der Waals surface area contributed by atoms with Crippen LogP contribution in [0.1, 0.15) is 5.56 Å². The molecule has 0 radical (unpaired) electrons. The molecule has 0 amide bonds. The minimum absolute atomic E-state index is 0.426. The summed E-state index contributed by atoms with van der Waals surface area (Å²) >= 11 is 6.43. The van der Waals surface area contributed by atoms with E-state index in [0.717, 1.165) is 77.9 Å². The van der Waals surface area contributed by atoms with E-state index in [1.807, 2.05) is 19.1 Å². The molecular weight excluding hydrogens is 418 g/mol. The van der Waals surface area contributed by atoms with Gasteiger partial charge in [-0.2, -0.15) is 5.10 Å². The lowest BCUT2D eigenvalue weighted by molar-refractivity contribution is 0.0909. The molecule has 2 aromatic heterocycles. The van der Waals surface area contributed by atoms with Gasteiger partial charge in [0.15, 0.2) is 5.82 Å². The van der Waals surface area contributed by atoms with Crippen molar-refractivity contribution in [3.8, 4) is 11.5 Å². The molecule has 30 heavy (non-hydrogen) atoms. The molecule has 3 heterocycles. The molecule has 1 saturated heterocycles. The molecular formula is C21H30ClN5O2Si. The number of hydrogen-bond acceptors (Lipinski definition) is 5. The number of aromatic amines is 1. The SMILES string of the molecule is Cc1cc2nc(-c3cc(N4CCOCC4)[nH]n3)n(COCC[Si](C)(C)C)c2cc1Cl. The lowest BCUT2D eigenvalue weighted by Gasteiger charge is -2.26. The third-order valence-electron chi connectivity index (χ3n) is 5.39. The predicted molar refractivity (Wildman–Crippen MR) is 124 cm³/mol. The Bertz CT molecular complexity index is 1020. The molecule has 0 atom stereocenters. The van der Waals surface area contributed by atoms with Gasteiger partial charge < -0.3 is 14.4 Å². The second-order valence-electron chi connectivity index (χ2n) is 9.04. The van der Waals surface area contributed by atoms with E-state index in [4.69, 9.17) is 26.1 Å². The molecule has 1 N–H and O–H groups in total. The number of rotatable bonds is 7. The third kappa shape index (κ3) is 4.72. The first kappa shape index (κ1) is 21.4. The molecule has 0 saturated carbocycles. The molecule has 7 nitrogen and oxygen atoms in total. The van der Waals surface area contributed by atoms with Crippen molar-refractivity contribution in [1.29, 1.82) is 0 Å². The van der Waals surface area contributed by atoms with Crippen molar-refractivity contribution >= 4 is 36.5 Å². The highest BCUT2D eigenvalue weighted by Crippen LogP contribution is 2.30. The highest BCUT2D eigenvalue weighted by Gasteiger charge is 2.20. The van der Waals surface area contributed by atoms with E-state index in [0.29, 0.717) is 6.73 Å². The van der Waals surface area contributed by atoms with E-state index in [-0.39, 0.29) is 0 Å². The fourth-order valence-electron chi connectivity index (χ4n) is 3.50. The highest BCUT2D eigenvalue weighted by molar-refractivity contribution is 6.76. The molecule has 0 bridgehead atoms. The zero-order valence-corrected chi connectivity index (χ0v) is 19.9. The zero-order chi connectivity index (χ0) is 21.3. The van der Waals surface area contributed by atoms with Crippen molar-refractivity contribution < 1.29 is 9.47 Å². The van der Waals surface area contributed by atoms with Crippen molar-refractivity contribution in [3.63, 3.8) is 0 Å². The largest absolute Gasteiger partial charge is 0.378 e. The summed E-state index contributed by atoms with van der Waals surface area (Å²) < 4.78 is 13.6. The summed E-state index contributed by atoms with van der Waals surface area (Å²) in [5.41, 5.74) is 3.67. The Kier molecular flexibility index (Phi) is 6.20. The van der Waals surface area contributed by atoms with Crippen LogP contribution in [0.25, 0.3) is 22.6 Å². The van der Waals surface area contributed by atoms with Gasteiger partial charge in [0.05, 0.1) is 24.2 Å². The molecule has 0 unspecified atom stereocenters. The molecule has 0 spiro atoms. The fraction of sp³-hybridized carbons (Fsp3) is 0.524. The summed E-state index contributed by atoms with van der Waals surface area (Å²) in [5, 5.41) is 8.45. The van der Waals surface area contributed by atoms with Gasteiger partial charge in [0, 0.05) is 38.9 Å². The molecule has 1 aromatic carbocycles. The first-order valence-corrected chi connectivity index (χ1v) is 14.5. The minimum Gasteiger partial charge on any atom is -0.378 e. The lowest BCUT2D eigenvalue weighted by atomic mass is 10.2. The molecule has 0 aliphatic carbocycles. The fourth-order valence-corrected chi connectivity index (χ4v) is 4.42. The number of imidazole rings is 1. The van der Waals surface area contributed by atoms with Crippen molar-refractivity contribution in [2.75, 3.05) is 37.8 Å². The number of benzene rings is 1. The molecule has 1 fully saturated rings. The normalized spacial score (nSPS) is 15.3. The molecule has 1 aliphatic heterocycles. The standard InChI is InChI=1S/C21H30ClN5O2Si/c1-15-11-17-19(12-16(15)22)27(14-29-9-10-30(2,3)4)21(23-17)18-13-20(25-24-18)26-5-7-28-8-6-26/h11-13H,5-10,14H2,1-4H3,(H,24,25). The first-order chi connectivity index (χ1) is 14.3. The van der Waals surface area contributed by atoms with Crippen LogP contribution in [0.4, 0.5) is 5.82 Å². The maximum Gasteiger partial charge on any atom is 0.163 e. The Hall–Kier alpha value is -1.87. The van der Waals surface area contributed by atoms with Gasteiger partial charge in [-0.1, -0.05) is 31.2 Å². The summed E-state index contributed by atoms with van der Waals surface area (Å²) in [6, 6.07) is 7.17. The van der Waals surface area contributed by atoms with Crippen LogP contribution < -0.4 is 4.90 Å². The highest BCUT2D eigenvalue weighted by atomic mass is 35.5. The summed E-state index contributed by atoms with van der Waals surface area (Å²) in [4.78, 5) is 7.13. The zero-order valence-electron chi connectivity index (χ0n) is 18.2. The number of hydrogen-bond donors (Lipinski definition) is 1. The van der Waals surface area contributed by atoms with Crippen LogP contribution in [0.15, 0.2) is 18.2 Å². The van der Waals surface area contributed by atoms with Crippen LogP contribution in [0.2, 0.25) is 30.7 Å². The van der Waals surface area contributed by atoms with E-state index < -0.39 is 8.07 Å². The van der Waals surface area contributed by atoms with E-state index in [9.17, 15) is 0 Å². The van der Waals surface area contributed by atoms with Crippen LogP contribution in [-0.4, -0.2) is 60.7 Å². The molecule has 162 valence electrons. The Labute approximate surface area is 183 Å². The van der Waals surface area contributed by atoms with Crippen LogP contribution in [0, 0.1) is 6.92 Å². The number of halogens is 1. The van der Waals surface area contributed by atoms with Crippen LogP contribution in [0.3, 0.4) is 0 Å². The van der Waals surface area contributed by atoms with Crippen molar-refractivity contribution in [2.24, 2.45) is 0 Å². The number of morpholine rings is 1. The topological polar surface area (TPSA) is 68.2 Å². The monoisotopic (exact) mass is 447 g/mol. The Morgan fingerprint density at radius 1 is 1.20 bits per heavy atom. The van der Waals surface area contributed by atoms with Crippen molar-refractivity contribution in [1.82, 2.24) is 19.7 Å². The van der Waals surface area contributed by atoms with Crippen LogP contribution in [0.5, 0.6) is 0 Å². The quantitative estimate of drug-likeness (QED) is 0.425. The van der Waals surface area contributed by atoms with Gasteiger partial charge in [-0.25, -0.2) is 4.98 Å². The maximum atomic E-state index is 6.43. The maximum absolute atomic E-state index is 6.43. The average molecular weight is 448 g/mol. The molecule has 1 aliphatic rings. The number of nitrogens with one attached hydrogen (secondary N) is 1. The van der Waals surface area contributed by atoms with E-state index in [1.54, 1.807) is 0 Å². The van der Waals surface area contributed by atoms with Gasteiger partial charge in [0.1, 0.15) is 18.2 Å². The van der Waals surface area contributed by atoms with Gasteiger partial charge in [-0.15, -0.1) is 0 Å². The van der Waals surface area contributed by atoms with E-state index in [2.05, 4.69) is 45.4 Å². The summed E-state index contributed by atoms with van der Waals surface area (Å²) in [5.74, 6) is 1.77. The first-order valence-electron chi connectivity index (χ1n) is 10.4. The summed E-state index contributed by atoms with van der Waals surface area (Å²) in [6.07, 6.45) is 0.